The molecule has 0 spiro atoms. The molecule has 2 saturated heterocycles. The van der Waals surface area contributed by atoms with E-state index in [0.29, 0.717) is 0 Å². The van der Waals surface area contributed by atoms with Crippen LogP contribution in [0.5, 0.6) is 0 Å². The van der Waals surface area contributed by atoms with E-state index in [4.69, 9.17) is 56.8 Å². The standard InChI is InChI=1S/C40H57N5O22/c1-17(41-39(55)67-40(9,10)11)35(53)42-26(37(54)56-12)13-25-14-45(44-43-25)36-33(62-23(7)51)31(60-21(5)49)30(27(64-36)15-57-18(2)46)66-38-34(63-24(8)52)32(61-22(6)50)29(59-20(4)48)28(65-38)16-58-19(3)47/h14,17,26-34,36,38H,13,15-16H2,1-12H3,(H,41,55)(H,42,53)/t17-,26-,27+,28+,29+,30+,31-,32-,33+,34+,36+,38-/m0/s1. The molecule has 2 N–H and O–H groups in total. The van der Waals surface area contributed by atoms with Crippen molar-refractivity contribution >= 4 is 59.8 Å². The van der Waals surface area contributed by atoms with Crippen molar-refractivity contribution in [3.8, 4) is 0 Å². The third kappa shape index (κ3) is 17.0. The highest BCUT2D eigenvalue weighted by Crippen LogP contribution is 2.38. The van der Waals surface area contributed by atoms with Crippen molar-refractivity contribution in [1.82, 2.24) is 25.6 Å². The second-order valence-electron chi connectivity index (χ2n) is 16.0. The van der Waals surface area contributed by atoms with Gasteiger partial charge in [-0.25, -0.2) is 14.3 Å². The lowest BCUT2D eigenvalue weighted by molar-refractivity contribution is -0.349. The van der Waals surface area contributed by atoms with Gasteiger partial charge in [-0.05, 0) is 27.7 Å². The van der Waals surface area contributed by atoms with Gasteiger partial charge in [-0.3, -0.25) is 38.4 Å². The number of ether oxygens (including phenoxy) is 12. The van der Waals surface area contributed by atoms with E-state index >= 15 is 0 Å². The van der Waals surface area contributed by atoms with Gasteiger partial charge in [0.05, 0.1) is 19.0 Å². The predicted molar refractivity (Wildman–Crippen MR) is 215 cm³/mol. The maximum atomic E-state index is 13.1. The van der Waals surface area contributed by atoms with Gasteiger partial charge in [-0.1, -0.05) is 5.21 Å². The van der Waals surface area contributed by atoms with Gasteiger partial charge in [-0.15, -0.1) is 5.10 Å². The highest BCUT2D eigenvalue weighted by molar-refractivity contribution is 5.89. The Bertz CT molecular complexity index is 1980. The molecule has 2 amide bonds. The molecule has 3 rings (SSSR count). The number of nitrogens with zero attached hydrogens (tertiary/aromatic N) is 3. The van der Waals surface area contributed by atoms with E-state index < -0.39 is 152 Å². The zero-order chi connectivity index (χ0) is 50.5. The molecule has 2 aliphatic heterocycles. The number of amides is 2. The molecule has 1 aromatic heterocycles. The molecule has 1 aromatic rings. The summed E-state index contributed by atoms with van der Waals surface area (Å²) in [4.78, 5) is 125. The first-order valence-electron chi connectivity index (χ1n) is 20.6. The normalized spacial score (nSPS) is 25.6. The average molecular weight is 960 g/mol. The summed E-state index contributed by atoms with van der Waals surface area (Å²) in [5, 5.41) is 13.0. The maximum absolute atomic E-state index is 13.1. The van der Waals surface area contributed by atoms with Crippen molar-refractivity contribution in [2.45, 2.75) is 162 Å². The molecule has 2 aliphatic rings. The summed E-state index contributed by atoms with van der Waals surface area (Å²) >= 11 is 0. The third-order valence-electron chi connectivity index (χ3n) is 9.06. The Morgan fingerprint density at radius 1 is 0.657 bits per heavy atom. The number of hydrogen-bond acceptors (Lipinski definition) is 24. The number of esters is 8. The van der Waals surface area contributed by atoms with Crippen molar-refractivity contribution in [1.29, 1.82) is 0 Å². The summed E-state index contributed by atoms with van der Waals surface area (Å²) in [5.41, 5.74) is -0.864. The minimum atomic E-state index is -1.91. The number of rotatable bonds is 18. The number of alkyl carbamates (subject to hydrolysis) is 1. The zero-order valence-corrected chi connectivity index (χ0v) is 38.9. The first-order valence-corrected chi connectivity index (χ1v) is 20.6. The van der Waals surface area contributed by atoms with Crippen LogP contribution in [0, 0.1) is 0 Å². The monoisotopic (exact) mass is 959 g/mol. The van der Waals surface area contributed by atoms with Crippen LogP contribution in [-0.2, 0) is 106 Å². The molecule has 0 bridgehead atoms. The van der Waals surface area contributed by atoms with Gasteiger partial charge in [0.15, 0.2) is 43.0 Å². The molecular formula is C40H57N5O22. The van der Waals surface area contributed by atoms with Gasteiger partial charge < -0.3 is 67.5 Å². The summed E-state index contributed by atoms with van der Waals surface area (Å²) < 4.78 is 68.1. The molecule has 374 valence electrons. The summed E-state index contributed by atoms with van der Waals surface area (Å²) in [7, 11) is 1.07. The third-order valence-corrected chi connectivity index (χ3v) is 9.06. The van der Waals surface area contributed by atoms with Crippen LogP contribution in [0.4, 0.5) is 4.79 Å². The molecule has 67 heavy (non-hydrogen) atoms. The van der Waals surface area contributed by atoms with Crippen LogP contribution in [-0.4, -0.2) is 168 Å². The van der Waals surface area contributed by atoms with Crippen LogP contribution in [0.2, 0.25) is 0 Å². The van der Waals surface area contributed by atoms with Gasteiger partial charge >= 0.3 is 53.8 Å². The molecule has 12 atom stereocenters. The first-order chi connectivity index (χ1) is 31.2. The second-order valence-corrected chi connectivity index (χ2v) is 16.0. The van der Waals surface area contributed by atoms with E-state index in [9.17, 15) is 47.9 Å². The number of aromatic nitrogens is 3. The van der Waals surface area contributed by atoms with E-state index in [-0.39, 0.29) is 12.1 Å². The van der Waals surface area contributed by atoms with Gasteiger partial charge in [0.2, 0.25) is 5.91 Å². The van der Waals surface area contributed by atoms with Gasteiger partial charge in [0.1, 0.15) is 49.2 Å². The zero-order valence-electron chi connectivity index (χ0n) is 38.9. The fourth-order valence-corrected chi connectivity index (χ4v) is 6.62. The van der Waals surface area contributed by atoms with Crippen molar-refractivity contribution in [2.24, 2.45) is 0 Å². The van der Waals surface area contributed by atoms with Crippen molar-refractivity contribution in [3.63, 3.8) is 0 Å². The van der Waals surface area contributed by atoms with Crippen LogP contribution in [0.15, 0.2) is 6.20 Å². The highest BCUT2D eigenvalue weighted by atomic mass is 16.8. The van der Waals surface area contributed by atoms with Crippen LogP contribution < -0.4 is 10.6 Å². The fraction of sp³-hybridized carbons (Fsp3) is 0.700. The molecule has 27 nitrogen and oxygen atoms in total. The quantitative estimate of drug-likeness (QED) is 0.134. The van der Waals surface area contributed by atoms with E-state index in [0.717, 1.165) is 60.3 Å². The molecule has 3 heterocycles. The molecule has 0 aromatic carbocycles. The van der Waals surface area contributed by atoms with E-state index in [1.165, 1.54) is 13.1 Å². The number of hydrogen-bond donors (Lipinski definition) is 2. The minimum Gasteiger partial charge on any atom is -0.467 e. The van der Waals surface area contributed by atoms with E-state index in [1.807, 2.05) is 0 Å². The average Bonchev–Trinajstić information content (AvgIpc) is 3.65. The molecule has 27 heteroatoms. The predicted octanol–water partition coefficient (Wildman–Crippen LogP) is -0.816. The SMILES string of the molecule is COC(=O)[C@H](Cc1cn([C@@H]2O[C@H](COC(C)=O)[C@@H](O[C@@H]3O[C@H](COC(C)=O)[C@@H](OC(C)=O)[C@H](OC(C)=O)[C@H]3OC(C)=O)[C@H](OC(C)=O)[C@H]2OC(C)=O)nn1)NC(=O)[C@H](C)NC(=O)OC(C)(C)C. The van der Waals surface area contributed by atoms with Crippen LogP contribution in [0.25, 0.3) is 0 Å². The Labute approximate surface area is 383 Å². The largest absolute Gasteiger partial charge is 0.467 e. The Morgan fingerprint density at radius 3 is 1.63 bits per heavy atom. The Kier molecular flexibility index (Phi) is 19.9. The first kappa shape index (κ1) is 54.9. The number of carbonyl (C=O) groups excluding carboxylic acids is 10. The van der Waals surface area contributed by atoms with Gasteiger partial charge in [0, 0.05) is 54.9 Å². The van der Waals surface area contributed by atoms with Crippen molar-refractivity contribution in [2.75, 3.05) is 20.3 Å². The van der Waals surface area contributed by atoms with Crippen LogP contribution >= 0.6 is 0 Å². The minimum absolute atomic E-state index is 0.00470. The van der Waals surface area contributed by atoms with Crippen LogP contribution in [0.1, 0.15) is 88.1 Å². The van der Waals surface area contributed by atoms with E-state index in [1.54, 1.807) is 20.8 Å². The summed E-state index contributed by atoms with van der Waals surface area (Å²) in [6.45, 7) is 12.1. The Morgan fingerprint density at radius 2 is 1.13 bits per heavy atom. The molecule has 2 fully saturated rings. The number of nitrogens with one attached hydrogen (secondary N) is 2. The summed E-state index contributed by atoms with van der Waals surface area (Å²) in [6.07, 6.45) is -16.9. The second kappa shape index (κ2) is 24.3. The summed E-state index contributed by atoms with van der Waals surface area (Å²) in [5.74, 6) is -8.12. The Hall–Kier alpha value is -6.48. The lowest BCUT2D eigenvalue weighted by Crippen LogP contribution is -2.66. The highest BCUT2D eigenvalue weighted by Gasteiger charge is 2.58. The Balaban J connectivity index is 2.12. The van der Waals surface area contributed by atoms with Gasteiger partial charge in [0.25, 0.3) is 0 Å². The molecular weight excluding hydrogens is 902 g/mol. The van der Waals surface area contributed by atoms with Crippen molar-refractivity contribution in [3.05, 3.63) is 11.9 Å². The maximum Gasteiger partial charge on any atom is 0.408 e. The van der Waals surface area contributed by atoms with Gasteiger partial charge in [-0.2, -0.15) is 0 Å². The topological polar surface area (TPSA) is 336 Å². The van der Waals surface area contributed by atoms with Crippen LogP contribution in [0.3, 0.4) is 0 Å². The van der Waals surface area contributed by atoms with E-state index in [2.05, 4.69) is 20.9 Å². The fourth-order valence-electron chi connectivity index (χ4n) is 6.62. The number of carbonyl (C=O) groups is 10. The number of methoxy groups -OCH3 is 1. The summed E-state index contributed by atoms with van der Waals surface area (Å²) in [6, 6.07) is -2.60. The molecule has 0 aliphatic carbocycles. The molecule has 0 unspecified atom stereocenters. The molecule has 0 saturated carbocycles. The molecule has 0 radical (unpaired) electrons. The smallest absolute Gasteiger partial charge is 0.408 e. The van der Waals surface area contributed by atoms with Crippen molar-refractivity contribution < 1.29 is 105 Å². The lowest BCUT2D eigenvalue weighted by Gasteiger charge is -2.48. The lowest BCUT2D eigenvalue weighted by atomic mass is 9.95.